The Kier molecular flexibility index (Phi) is 7.83. The summed E-state index contributed by atoms with van der Waals surface area (Å²) in [5.74, 6) is 0.826. The standard InChI is InChI=1S/C29H38N6O4/c1-5-39-29(38)24-20-15-35(16-21(20)24)23-13-22(31-26(32-23)19-9-7-6-8-10-19)27(36)33-25(17(2)3)28(37)34-12-11-30-18(4)14-34/h6-10,13,17-18,20-21,24-25,30H,5,11-12,14-16H2,1-4H3,(H,33,36)/t18-,20?,21?,24?,25+/m1/s1. The number of nitrogens with zero attached hydrogens (tertiary/aromatic N) is 4. The molecule has 2 amide bonds. The number of hydrogen-bond acceptors (Lipinski definition) is 8. The molecule has 1 aromatic heterocycles. The zero-order valence-corrected chi connectivity index (χ0v) is 23.1. The van der Waals surface area contributed by atoms with Crippen LogP contribution in [0.1, 0.15) is 38.2 Å². The van der Waals surface area contributed by atoms with Crippen molar-refractivity contribution in [2.45, 2.75) is 39.8 Å². The van der Waals surface area contributed by atoms with Crippen molar-refractivity contribution in [3.8, 4) is 11.4 Å². The van der Waals surface area contributed by atoms with Gasteiger partial charge in [0.15, 0.2) is 5.82 Å². The Labute approximate surface area is 229 Å². The number of rotatable bonds is 8. The molecule has 208 valence electrons. The van der Waals surface area contributed by atoms with Crippen molar-refractivity contribution in [3.63, 3.8) is 0 Å². The van der Waals surface area contributed by atoms with Gasteiger partial charge in [-0.25, -0.2) is 9.97 Å². The van der Waals surface area contributed by atoms with Crippen molar-refractivity contribution in [2.24, 2.45) is 23.7 Å². The average molecular weight is 535 g/mol. The molecule has 3 aliphatic rings. The highest BCUT2D eigenvalue weighted by Gasteiger charge is 2.60. The van der Waals surface area contributed by atoms with Gasteiger partial charge in [-0.15, -0.1) is 0 Å². The first-order valence-electron chi connectivity index (χ1n) is 14.0. The Balaban J connectivity index is 1.37. The minimum absolute atomic E-state index is 0.0510. The van der Waals surface area contributed by atoms with Gasteiger partial charge in [0.25, 0.3) is 5.91 Å². The summed E-state index contributed by atoms with van der Waals surface area (Å²) in [7, 11) is 0. The second-order valence-corrected chi connectivity index (χ2v) is 11.1. The van der Waals surface area contributed by atoms with E-state index in [-0.39, 0.29) is 47.3 Å². The number of carbonyl (C=O) groups excluding carboxylic acids is 3. The first-order chi connectivity index (χ1) is 18.8. The first kappa shape index (κ1) is 27.1. The van der Waals surface area contributed by atoms with Gasteiger partial charge in [-0.05, 0) is 31.6 Å². The first-order valence-corrected chi connectivity index (χ1v) is 14.0. The van der Waals surface area contributed by atoms with E-state index in [4.69, 9.17) is 9.72 Å². The summed E-state index contributed by atoms with van der Waals surface area (Å²) in [6.45, 7) is 11.4. The topological polar surface area (TPSA) is 117 Å². The third-order valence-electron chi connectivity index (χ3n) is 7.95. The van der Waals surface area contributed by atoms with Crippen molar-refractivity contribution in [1.29, 1.82) is 0 Å². The van der Waals surface area contributed by atoms with E-state index in [1.165, 1.54) is 0 Å². The Morgan fingerprint density at radius 1 is 1.10 bits per heavy atom. The van der Waals surface area contributed by atoms with Crippen molar-refractivity contribution in [1.82, 2.24) is 25.5 Å². The second-order valence-electron chi connectivity index (χ2n) is 11.1. The maximum atomic E-state index is 13.6. The Bertz CT molecular complexity index is 1210. The second kappa shape index (κ2) is 11.3. The molecule has 1 aromatic carbocycles. The van der Waals surface area contributed by atoms with Crippen molar-refractivity contribution >= 4 is 23.6 Å². The fourth-order valence-corrected chi connectivity index (χ4v) is 5.79. The third-order valence-corrected chi connectivity index (χ3v) is 7.95. The van der Waals surface area contributed by atoms with E-state index < -0.39 is 11.9 Å². The Hall–Kier alpha value is -3.53. The van der Waals surface area contributed by atoms with E-state index in [0.717, 1.165) is 12.1 Å². The largest absolute Gasteiger partial charge is 0.466 e. The van der Waals surface area contributed by atoms with E-state index in [1.54, 1.807) is 6.07 Å². The smallest absolute Gasteiger partial charge is 0.309 e. The van der Waals surface area contributed by atoms with Gasteiger partial charge in [-0.1, -0.05) is 44.2 Å². The quantitative estimate of drug-likeness (QED) is 0.494. The van der Waals surface area contributed by atoms with Gasteiger partial charge in [-0.2, -0.15) is 0 Å². The molecule has 2 aromatic rings. The molecule has 5 rings (SSSR count). The van der Waals surface area contributed by atoms with Gasteiger partial charge >= 0.3 is 5.97 Å². The highest BCUT2D eigenvalue weighted by Crippen LogP contribution is 2.53. The van der Waals surface area contributed by atoms with E-state index >= 15 is 0 Å². The Morgan fingerprint density at radius 2 is 1.82 bits per heavy atom. The molecule has 10 nitrogen and oxygen atoms in total. The lowest BCUT2D eigenvalue weighted by molar-refractivity contribution is -0.145. The molecule has 1 aliphatic carbocycles. The maximum Gasteiger partial charge on any atom is 0.309 e. The highest BCUT2D eigenvalue weighted by molar-refractivity contribution is 5.97. The van der Waals surface area contributed by atoms with Crippen LogP contribution >= 0.6 is 0 Å². The summed E-state index contributed by atoms with van der Waals surface area (Å²) in [6.07, 6.45) is 0. The molecule has 0 spiro atoms. The van der Waals surface area contributed by atoms with Gasteiger partial charge in [0.2, 0.25) is 5.91 Å². The van der Waals surface area contributed by atoms with E-state index in [0.29, 0.717) is 44.4 Å². The summed E-state index contributed by atoms with van der Waals surface area (Å²) in [6, 6.07) is 10.8. The number of esters is 1. The van der Waals surface area contributed by atoms with Crippen LogP contribution in [0.4, 0.5) is 5.82 Å². The molecule has 0 radical (unpaired) electrons. The molecule has 3 heterocycles. The Morgan fingerprint density at radius 3 is 2.46 bits per heavy atom. The number of carbonyl (C=O) groups is 3. The molecular formula is C29H38N6O4. The molecule has 2 saturated heterocycles. The van der Waals surface area contributed by atoms with Gasteiger partial charge in [0.1, 0.15) is 17.6 Å². The van der Waals surface area contributed by atoms with Crippen molar-refractivity contribution in [2.75, 3.05) is 44.2 Å². The van der Waals surface area contributed by atoms with E-state index in [1.807, 2.05) is 62.9 Å². The van der Waals surface area contributed by atoms with Gasteiger partial charge in [0.05, 0.1) is 12.5 Å². The summed E-state index contributed by atoms with van der Waals surface area (Å²) >= 11 is 0. The van der Waals surface area contributed by atoms with Crippen LogP contribution in [0.5, 0.6) is 0 Å². The molecule has 10 heteroatoms. The maximum absolute atomic E-state index is 13.6. The molecule has 0 bridgehead atoms. The lowest BCUT2D eigenvalue weighted by atomic mass is 10.0. The molecule has 3 fully saturated rings. The lowest BCUT2D eigenvalue weighted by Gasteiger charge is -2.35. The summed E-state index contributed by atoms with van der Waals surface area (Å²) in [4.78, 5) is 52.6. The predicted molar refractivity (Wildman–Crippen MR) is 147 cm³/mol. The van der Waals surface area contributed by atoms with Gasteiger partial charge in [0, 0.05) is 50.4 Å². The molecule has 2 N–H and O–H groups in total. The zero-order valence-electron chi connectivity index (χ0n) is 23.1. The van der Waals surface area contributed by atoms with Gasteiger partial charge in [-0.3, -0.25) is 14.4 Å². The van der Waals surface area contributed by atoms with Crippen LogP contribution in [0.3, 0.4) is 0 Å². The van der Waals surface area contributed by atoms with Crippen LogP contribution in [-0.4, -0.2) is 84.1 Å². The molecule has 2 aliphatic heterocycles. The lowest BCUT2D eigenvalue weighted by Crippen LogP contribution is -2.58. The van der Waals surface area contributed by atoms with Crippen LogP contribution < -0.4 is 15.5 Å². The third kappa shape index (κ3) is 5.75. The number of benzene rings is 1. The van der Waals surface area contributed by atoms with Crippen LogP contribution in [0.2, 0.25) is 0 Å². The van der Waals surface area contributed by atoms with Crippen molar-refractivity contribution < 1.29 is 19.1 Å². The minimum Gasteiger partial charge on any atom is -0.466 e. The number of piperazine rings is 1. The molecule has 39 heavy (non-hydrogen) atoms. The molecule has 4 atom stereocenters. The fourth-order valence-electron chi connectivity index (χ4n) is 5.79. The number of hydrogen-bond donors (Lipinski definition) is 2. The highest BCUT2D eigenvalue weighted by atomic mass is 16.5. The number of nitrogens with one attached hydrogen (secondary N) is 2. The number of piperidine rings is 1. The van der Waals surface area contributed by atoms with Gasteiger partial charge < -0.3 is 25.2 Å². The molecule has 2 unspecified atom stereocenters. The number of fused-ring (bicyclic) bond motifs is 1. The SMILES string of the molecule is CCOC(=O)C1C2CN(c3cc(C(=O)N[C@H](C(=O)N4CCN[C@H](C)C4)C(C)C)nc(-c4ccccc4)n3)CC21. The minimum atomic E-state index is -0.661. The fraction of sp³-hybridized carbons (Fsp3) is 0.552. The van der Waals surface area contributed by atoms with Crippen LogP contribution in [0.15, 0.2) is 36.4 Å². The monoisotopic (exact) mass is 534 g/mol. The van der Waals surface area contributed by atoms with Crippen LogP contribution in [0, 0.1) is 23.7 Å². The normalized spacial score (nSPS) is 24.7. The number of anilines is 1. The molecular weight excluding hydrogens is 496 g/mol. The number of amides is 2. The summed E-state index contributed by atoms with van der Waals surface area (Å²) in [5.41, 5.74) is 1.02. The predicted octanol–water partition coefficient (Wildman–Crippen LogP) is 1.96. The van der Waals surface area contributed by atoms with Crippen molar-refractivity contribution in [3.05, 3.63) is 42.1 Å². The van der Waals surface area contributed by atoms with Crippen LogP contribution in [0.25, 0.3) is 11.4 Å². The molecule has 1 saturated carbocycles. The van der Waals surface area contributed by atoms with E-state index in [9.17, 15) is 14.4 Å². The average Bonchev–Trinajstić information content (AvgIpc) is 3.44. The number of ether oxygens (including phenoxy) is 1. The summed E-state index contributed by atoms with van der Waals surface area (Å²) in [5, 5.41) is 6.32. The summed E-state index contributed by atoms with van der Waals surface area (Å²) < 4.78 is 5.23. The number of aromatic nitrogens is 2. The zero-order chi connectivity index (χ0) is 27.7. The van der Waals surface area contributed by atoms with Crippen LogP contribution in [-0.2, 0) is 14.3 Å². The van der Waals surface area contributed by atoms with E-state index in [2.05, 4.69) is 20.5 Å².